The molecule has 0 saturated heterocycles. The molecular formula is C12H16N2OS. The first kappa shape index (κ1) is 12.9. The van der Waals surface area contributed by atoms with Crippen molar-refractivity contribution in [2.45, 2.75) is 33.2 Å². The summed E-state index contributed by atoms with van der Waals surface area (Å²) in [5.74, 6) is 6.83. The summed E-state index contributed by atoms with van der Waals surface area (Å²) in [6, 6.07) is 0.365. The number of carbonyl (C=O) groups excluding carboxylic acids is 1. The molecule has 86 valence electrons. The maximum absolute atomic E-state index is 10.7. The van der Waals surface area contributed by atoms with Crippen LogP contribution in [0.4, 0.5) is 0 Å². The highest BCUT2D eigenvalue weighted by atomic mass is 32.2. The summed E-state index contributed by atoms with van der Waals surface area (Å²) in [5.41, 5.74) is 0.932. The summed E-state index contributed by atoms with van der Waals surface area (Å²) in [4.78, 5) is 10.7. The second-order valence-electron chi connectivity index (χ2n) is 3.69. The molecule has 0 atom stereocenters. The van der Waals surface area contributed by atoms with E-state index in [0.717, 1.165) is 17.7 Å². The van der Waals surface area contributed by atoms with Gasteiger partial charge in [-0.05, 0) is 13.8 Å². The third-order valence-electron chi connectivity index (χ3n) is 1.90. The molecule has 1 aromatic heterocycles. The molecule has 3 nitrogen and oxygen atoms in total. The van der Waals surface area contributed by atoms with Crippen LogP contribution in [-0.2, 0) is 4.79 Å². The van der Waals surface area contributed by atoms with Gasteiger partial charge in [0.25, 0.3) is 0 Å². The van der Waals surface area contributed by atoms with Crippen molar-refractivity contribution in [2.75, 3.05) is 5.75 Å². The van der Waals surface area contributed by atoms with Crippen LogP contribution in [0.3, 0.4) is 0 Å². The predicted molar refractivity (Wildman–Crippen MR) is 67.2 cm³/mol. The number of nitrogens with zero attached hydrogens (tertiary/aromatic N) is 2. The highest BCUT2D eigenvalue weighted by molar-refractivity contribution is 8.13. The van der Waals surface area contributed by atoms with Crippen molar-refractivity contribution in [3.05, 3.63) is 18.0 Å². The van der Waals surface area contributed by atoms with Gasteiger partial charge in [0.15, 0.2) is 5.12 Å². The molecule has 0 N–H and O–H groups in total. The summed E-state index contributed by atoms with van der Waals surface area (Å²) in [6.45, 7) is 5.73. The molecule has 0 amide bonds. The molecule has 0 fully saturated rings. The van der Waals surface area contributed by atoms with Crippen LogP contribution in [0.5, 0.6) is 0 Å². The molecule has 0 bridgehead atoms. The van der Waals surface area contributed by atoms with Gasteiger partial charge in [-0.15, -0.1) is 0 Å². The lowest BCUT2D eigenvalue weighted by molar-refractivity contribution is -0.109. The van der Waals surface area contributed by atoms with Crippen LogP contribution >= 0.6 is 11.8 Å². The molecule has 0 spiro atoms. The van der Waals surface area contributed by atoms with Crippen molar-refractivity contribution < 1.29 is 4.79 Å². The minimum Gasteiger partial charge on any atom is -0.288 e. The quantitative estimate of drug-likeness (QED) is 0.597. The van der Waals surface area contributed by atoms with Gasteiger partial charge in [0.1, 0.15) is 0 Å². The topological polar surface area (TPSA) is 34.9 Å². The Hall–Kier alpha value is -1.21. The molecule has 0 saturated carbocycles. The summed E-state index contributed by atoms with van der Waals surface area (Å²) < 4.78 is 1.88. The average molecular weight is 236 g/mol. The highest BCUT2D eigenvalue weighted by Crippen LogP contribution is 2.05. The van der Waals surface area contributed by atoms with Crippen molar-refractivity contribution in [3.63, 3.8) is 0 Å². The van der Waals surface area contributed by atoms with Crippen molar-refractivity contribution in [1.29, 1.82) is 0 Å². The number of aromatic nitrogens is 2. The van der Waals surface area contributed by atoms with Gasteiger partial charge < -0.3 is 0 Å². The Kier molecular flexibility index (Phi) is 5.13. The Morgan fingerprint density at radius 3 is 2.94 bits per heavy atom. The van der Waals surface area contributed by atoms with Gasteiger partial charge in [0.2, 0.25) is 0 Å². The summed E-state index contributed by atoms with van der Waals surface area (Å²) in [5, 5.41) is 4.35. The lowest BCUT2D eigenvalue weighted by Crippen LogP contribution is -1.99. The minimum absolute atomic E-state index is 0.148. The van der Waals surface area contributed by atoms with Gasteiger partial charge in [-0.2, -0.15) is 5.10 Å². The van der Waals surface area contributed by atoms with Crippen molar-refractivity contribution in [2.24, 2.45) is 0 Å². The monoisotopic (exact) mass is 236 g/mol. The minimum atomic E-state index is 0.148. The number of carbonyl (C=O) groups is 1. The Balaban J connectivity index is 2.41. The van der Waals surface area contributed by atoms with Crippen LogP contribution in [0.1, 0.15) is 38.8 Å². The Morgan fingerprint density at radius 1 is 1.62 bits per heavy atom. The van der Waals surface area contributed by atoms with E-state index in [4.69, 9.17) is 0 Å². The third kappa shape index (κ3) is 4.54. The first-order valence-electron chi connectivity index (χ1n) is 5.26. The highest BCUT2D eigenvalue weighted by Gasteiger charge is 1.98. The maximum Gasteiger partial charge on any atom is 0.185 e. The van der Waals surface area contributed by atoms with Crippen LogP contribution in [-0.4, -0.2) is 20.6 Å². The normalized spacial score (nSPS) is 10.0. The molecule has 0 radical (unpaired) electrons. The third-order valence-corrected chi connectivity index (χ3v) is 2.71. The zero-order chi connectivity index (χ0) is 12.0. The van der Waals surface area contributed by atoms with Crippen LogP contribution < -0.4 is 0 Å². The second-order valence-corrected chi connectivity index (χ2v) is 4.97. The zero-order valence-electron chi connectivity index (χ0n) is 9.86. The molecule has 0 aromatic carbocycles. The van der Waals surface area contributed by atoms with E-state index in [1.807, 2.05) is 10.9 Å². The molecule has 0 aliphatic carbocycles. The van der Waals surface area contributed by atoms with Crippen LogP contribution in [0, 0.1) is 11.8 Å². The van der Waals surface area contributed by atoms with Gasteiger partial charge in [0.05, 0.1) is 11.8 Å². The molecule has 1 aromatic rings. The van der Waals surface area contributed by atoms with Crippen LogP contribution in [0.25, 0.3) is 0 Å². The number of hydrogen-bond donors (Lipinski definition) is 0. The fourth-order valence-corrected chi connectivity index (χ4v) is 1.59. The molecular weight excluding hydrogens is 220 g/mol. The van der Waals surface area contributed by atoms with Gasteiger partial charge in [-0.1, -0.05) is 23.6 Å². The smallest absolute Gasteiger partial charge is 0.185 e. The summed E-state index contributed by atoms with van der Waals surface area (Å²) in [6.07, 6.45) is 4.44. The molecule has 1 heterocycles. The molecule has 1 rings (SSSR count). The van der Waals surface area contributed by atoms with Crippen LogP contribution in [0.15, 0.2) is 12.4 Å². The van der Waals surface area contributed by atoms with Crippen molar-refractivity contribution >= 4 is 16.9 Å². The number of thioether (sulfide) groups is 1. The Bertz CT molecular complexity index is 412. The van der Waals surface area contributed by atoms with Crippen molar-refractivity contribution in [3.8, 4) is 11.8 Å². The van der Waals surface area contributed by atoms with E-state index in [1.165, 1.54) is 11.8 Å². The summed E-state index contributed by atoms with van der Waals surface area (Å²) >= 11 is 1.31. The van der Waals surface area contributed by atoms with E-state index < -0.39 is 0 Å². The lowest BCUT2D eigenvalue weighted by atomic mass is 10.3. The maximum atomic E-state index is 10.7. The van der Waals surface area contributed by atoms with E-state index >= 15 is 0 Å². The van der Waals surface area contributed by atoms with Gasteiger partial charge in [0, 0.05) is 31.3 Å². The zero-order valence-corrected chi connectivity index (χ0v) is 10.7. The van der Waals surface area contributed by atoms with E-state index in [9.17, 15) is 4.79 Å². The lowest BCUT2D eigenvalue weighted by Gasteiger charge is -2.02. The molecule has 16 heavy (non-hydrogen) atoms. The van der Waals surface area contributed by atoms with E-state index in [0.29, 0.717) is 6.04 Å². The fraction of sp³-hybridized carbons (Fsp3) is 0.500. The first-order valence-corrected chi connectivity index (χ1v) is 6.24. The van der Waals surface area contributed by atoms with Crippen molar-refractivity contribution in [1.82, 2.24) is 9.78 Å². The van der Waals surface area contributed by atoms with Gasteiger partial charge >= 0.3 is 0 Å². The largest absolute Gasteiger partial charge is 0.288 e. The molecule has 0 unspecified atom stereocenters. The predicted octanol–water partition coefficient (Wildman–Crippen LogP) is 2.49. The summed E-state index contributed by atoms with van der Waals surface area (Å²) in [7, 11) is 0. The molecule has 0 aliphatic rings. The first-order chi connectivity index (χ1) is 7.59. The SMILES string of the molecule is CC(=O)SCCC#Cc1cnn(C(C)C)c1. The van der Waals surface area contributed by atoms with Gasteiger partial charge in [-0.25, -0.2) is 0 Å². The fourth-order valence-electron chi connectivity index (χ4n) is 1.10. The molecule has 4 heteroatoms. The standard InChI is InChI=1S/C12H16N2OS/c1-10(2)14-9-12(8-13-14)6-4-5-7-16-11(3)15/h8-10H,5,7H2,1-3H3. The second kappa shape index (κ2) is 6.39. The van der Waals surface area contributed by atoms with E-state index in [1.54, 1.807) is 13.1 Å². The van der Waals surface area contributed by atoms with E-state index in [-0.39, 0.29) is 5.12 Å². The van der Waals surface area contributed by atoms with Crippen LogP contribution in [0.2, 0.25) is 0 Å². The van der Waals surface area contributed by atoms with E-state index in [2.05, 4.69) is 30.8 Å². The average Bonchev–Trinajstić information content (AvgIpc) is 2.65. The van der Waals surface area contributed by atoms with Gasteiger partial charge in [-0.3, -0.25) is 9.48 Å². The molecule has 0 aliphatic heterocycles. The number of hydrogen-bond acceptors (Lipinski definition) is 3. The Morgan fingerprint density at radius 2 is 2.38 bits per heavy atom. The Labute approximate surface area is 101 Å². The number of rotatable bonds is 3.